The number of fused-ring (bicyclic) bond motifs is 1. The molecule has 4 rings (SSSR count). The molecule has 1 aromatic carbocycles. The maximum Gasteiger partial charge on any atom is 0.273 e. The van der Waals surface area contributed by atoms with Crippen LogP contribution in [0, 0.1) is 0 Å². The molecule has 1 aliphatic heterocycles. The molecule has 182 valence electrons. The fraction of sp³-hybridized carbons (Fsp3) is 0.520. The highest BCUT2D eigenvalue weighted by Gasteiger charge is 2.48. The Morgan fingerprint density at radius 1 is 1.24 bits per heavy atom. The van der Waals surface area contributed by atoms with Gasteiger partial charge in [-0.05, 0) is 32.3 Å². The number of aromatic nitrogens is 2. The first-order valence-corrected chi connectivity index (χ1v) is 12.0. The van der Waals surface area contributed by atoms with Gasteiger partial charge >= 0.3 is 0 Å². The fourth-order valence-electron chi connectivity index (χ4n) is 4.95. The SMILES string of the molecule is CCCN1C(=O)c2c(C(=O)NCc3ccccc3OC)ncn2C[C@]1(C)C(=O)NC1CCCC1. The van der Waals surface area contributed by atoms with Crippen LogP contribution in [0.4, 0.5) is 0 Å². The third-order valence-corrected chi connectivity index (χ3v) is 6.83. The standard InChI is InChI=1S/C25H33N5O4/c1-4-13-30-23(32)21-20(22(31)26-14-17-9-5-8-12-19(17)34-3)27-16-29(21)15-25(30,2)24(33)28-18-10-6-7-11-18/h5,8-9,12,16,18H,4,6-7,10-11,13-15H2,1-3H3,(H,26,31)(H,28,33)/t25-/m1/s1. The minimum Gasteiger partial charge on any atom is -0.496 e. The molecule has 0 spiro atoms. The molecule has 0 radical (unpaired) electrons. The molecule has 9 heteroatoms. The maximum absolute atomic E-state index is 13.6. The summed E-state index contributed by atoms with van der Waals surface area (Å²) in [6.45, 7) is 4.67. The summed E-state index contributed by atoms with van der Waals surface area (Å²) in [5.74, 6) is -0.271. The Bertz CT molecular complexity index is 1080. The summed E-state index contributed by atoms with van der Waals surface area (Å²) < 4.78 is 6.98. The first-order valence-electron chi connectivity index (χ1n) is 12.0. The van der Waals surface area contributed by atoms with Crippen molar-refractivity contribution in [1.29, 1.82) is 0 Å². The van der Waals surface area contributed by atoms with Crippen LogP contribution in [0.25, 0.3) is 0 Å². The average Bonchev–Trinajstić information content (AvgIpc) is 3.50. The second-order valence-electron chi connectivity index (χ2n) is 9.25. The highest BCUT2D eigenvalue weighted by atomic mass is 16.5. The van der Waals surface area contributed by atoms with Crippen LogP contribution < -0.4 is 15.4 Å². The minimum absolute atomic E-state index is 0.0688. The van der Waals surface area contributed by atoms with Gasteiger partial charge in [0.1, 0.15) is 17.0 Å². The van der Waals surface area contributed by atoms with Gasteiger partial charge in [0.15, 0.2) is 5.69 Å². The van der Waals surface area contributed by atoms with Crippen LogP contribution in [0.5, 0.6) is 5.75 Å². The number of hydrogen-bond acceptors (Lipinski definition) is 5. The molecule has 9 nitrogen and oxygen atoms in total. The fourth-order valence-corrected chi connectivity index (χ4v) is 4.95. The minimum atomic E-state index is -1.05. The summed E-state index contributed by atoms with van der Waals surface area (Å²) in [6, 6.07) is 7.57. The largest absolute Gasteiger partial charge is 0.496 e. The lowest BCUT2D eigenvalue weighted by Gasteiger charge is -2.44. The molecule has 1 aliphatic carbocycles. The Labute approximate surface area is 199 Å². The molecule has 34 heavy (non-hydrogen) atoms. The van der Waals surface area contributed by atoms with Crippen LogP contribution in [0.1, 0.15) is 72.5 Å². The number of hydrogen-bond donors (Lipinski definition) is 2. The summed E-state index contributed by atoms with van der Waals surface area (Å²) in [5.41, 5.74) is 0.0621. The molecule has 1 atom stereocenters. The smallest absolute Gasteiger partial charge is 0.273 e. The molecule has 2 heterocycles. The summed E-state index contributed by atoms with van der Waals surface area (Å²) in [7, 11) is 1.58. The van der Waals surface area contributed by atoms with Gasteiger partial charge in [-0.1, -0.05) is 38.0 Å². The van der Waals surface area contributed by atoms with Crippen molar-refractivity contribution in [3.63, 3.8) is 0 Å². The molecule has 2 N–H and O–H groups in total. The number of para-hydroxylation sites is 1. The molecule has 0 unspecified atom stereocenters. The molecule has 1 fully saturated rings. The van der Waals surface area contributed by atoms with E-state index in [4.69, 9.17) is 4.74 Å². The van der Waals surface area contributed by atoms with Crippen molar-refractivity contribution in [3.8, 4) is 5.75 Å². The van der Waals surface area contributed by atoms with Gasteiger partial charge in [-0.15, -0.1) is 0 Å². The Morgan fingerprint density at radius 2 is 1.97 bits per heavy atom. The molecule has 0 bridgehead atoms. The number of benzene rings is 1. The highest BCUT2D eigenvalue weighted by Crippen LogP contribution is 2.30. The summed E-state index contributed by atoms with van der Waals surface area (Å²) in [5, 5.41) is 5.99. The zero-order valence-corrected chi connectivity index (χ0v) is 20.1. The molecule has 1 saturated carbocycles. The van der Waals surface area contributed by atoms with Gasteiger partial charge in [0.2, 0.25) is 5.91 Å². The van der Waals surface area contributed by atoms with Crippen molar-refractivity contribution >= 4 is 17.7 Å². The van der Waals surface area contributed by atoms with Gasteiger partial charge in [0.25, 0.3) is 11.8 Å². The van der Waals surface area contributed by atoms with Crippen LogP contribution in [0.2, 0.25) is 0 Å². The molecular weight excluding hydrogens is 434 g/mol. The number of carbonyl (C=O) groups is 3. The Morgan fingerprint density at radius 3 is 2.68 bits per heavy atom. The van der Waals surface area contributed by atoms with Crippen molar-refractivity contribution in [2.75, 3.05) is 13.7 Å². The lowest BCUT2D eigenvalue weighted by atomic mass is 9.93. The monoisotopic (exact) mass is 467 g/mol. The van der Waals surface area contributed by atoms with E-state index in [0.717, 1.165) is 31.2 Å². The van der Waals surface area contributed by atoms with Gasteiger partial charge in [-0.3, -0.25) is 14.4 Å². The molecule has 3 amide bonds. The summed E-state index contributed by atoms with van der Waals surface area (Å²) in [6.07, 6.45) is 6.33. The second kappa shape index (κ2) is 9.87. The van der Waals surface area contributed by atoms with E-state index in [9.17, 15) is 14.4 Å². The Kier molecular flexibility index (Phi) is 6.90. The molecule has 2 aromatic rings. The molecular formula is C25H33N5O4. The van der Waals surface area contributed by atoms with E-state index < -0.39 is 11.4 Å². The van der Waals surface area contributed by atoms with Gasteiger partial charge in [0, 0.05) is 24.7 Å². The zero-order valence-electron chi connectivity index (χ0n) is 20.1. The number of carbonyl (C=O) groups excluding carboxylic acids is 3. The van der Waals surface area contributed by atoms with Gasteiger partial charge < -0.3 is 24.8 Å². The van der Waals surface area contributed by atoms with Crippen LogP contribution in [0.15, 0.2) is 30.6 Å². The maximum atomic E-state index is 13.6. The van der Waals surface area contributed by atoms with Crippen molar-refractivity contribution < 1.29 is 19.1 Å². The number of nitrogens with one attached hydrogen (secondary N) is 2. The van der Waals surface area contributed by atoms with Crippen LogP contribution in [-0.4, -0.2) is 57.4 Å². The van der Waals surface area contributed by atoms with Gasteiger partial charge in [-0.25, -0.2) is 4.98 Å². The van der Waals surface area contributed by atoms with Crippen molar-refractivity contribution in [1.82, 2.24) is 25.1 Å². The first-order chi connectivity index (χ1) is 16.4. The van der Waals surface area contributed by atoms with E-state index in [1.165, 1.54) is 6.33 Å². The Hall–Kier alpha value is -3.36. The molecule has 0 saturated heterocycles. The lowest BCUT2D eigenvalue weighted by Crippen LogP contribution is -2.65. The number of imidazole rings is 1. The van der Waals surface area contributed by atoms with E-state index >= 15 is 0 Å². The normalized spacial score (nSPS) is 20.2. The van der Waals surface area contributed by atoms with E-state index in [2.05, 4.69) is 15.6 Å². The van der Waals surface area contributed by atoms with Gasteiger partial charge in [0.05, 0.1) is 20.0 Å². The predicted octanol–water partition coefficient (Wildman–Crippen LogP) is 2.51. The third-order valence-electron chi connectivity index (χ3n) is 6.83. The summed E-state index contributed by atoms with van der Waals surface area (Å²) in [4.78, 5) is 45.8. The van der Waals surface area contributed by atoms with Crippen molar-refractivity contribution in [2.45, 2.75) is 70.6 Å². The van der Waals surface area contributed by atoms with Gasteiger partial charge in [-0.2, -0.15) is 0 Å². The zero-order chi connectivity index (χ0) is 24.3. The topological polar surface area (TPSA) is 106 Å². The molecule has 2 aliphatic rings. The predicted molar refractivity (Wildman–Crippen MR) is 127 cm³/mol. The van der Waals surface area contributed by atoms with E-state index in [-0.39, 0.29) is 42.3 Å². The van der Waals surface area contributed by atoms with Crippen molar-refractivity contribution in [2.24, 2.45) is 0 Å². The van der Waals surface area contributed by atoms with Crippen molar-refractivity contribution in [3.05, 3.63) is 47.5 Å². The quantitative estimate of drug-likeness (QED) is 0.621. The van der Waals surface area contributed by atoms with Crippen LogP contribution >= 0.6 is 0 Å². The number of nitrogens with zero attached hydrogens (tertiary/aromatic N) is 3. The molecule has 1 aromatic heterocycles. The first kappa shape index (κ1) is 23.8. The number of ether oxygens (including phenoxy) is 1. The Balaban J connectivity index is 1.56. The average molecular weight is 468 g/mol. The number of methoxy groups -OCH3 is 1. The van der Waals surface area contributed by atoms with E-state index in [1.807, 2.05) is 31.2 Å². The van der Waals surface area contributed by atoms with Crippen LogP contribution in [-0.2, 0) is 17.9 Å². The van der Waals surface area contributed by atoms with E-state index in [1.54, 1.807) is 23.5 Å². The summed E-state index contributed by atoms with van der Waals surface area (Å²) >= 11 is 0. The highest BCUT2D eigenvalue weighted by molar-refractivity contribution is 6.07. The van der Waals surface area contributed by atoms with Crippen LogP contribution in [0.3, 0.4) is 0 Å². The second-order valence-corrected chi connectivity index (χ2v) is 9.25. The lowest BCUT2D eigenvalue weighted by molar-refractivity contribution is -0.133. The third kappa shape index (κ3) is 4.38. The van der Waals surface area contributed by atoms with E-state index in [0.29, 0.717) is 18.7 Å². The number of rotatable bonds is 8. The number of amides is 3.